The Morgan fingerprint density at radius 1 is 0.792 bits per heavy atom. The van der Waals surface area contributed by atoms with Gasteiger partial charge in [0.1, 0.15) is 5.76 Å². The van der Waals surface area contributed by atoms with Gasteiger partial charge in [0.2, 0.25) is 0 Å². The number of aromatic nitrogens is 1. The van der Waals surface area contributed by atoms with Gasteiger partial charge in [0.05, 0.1) is 5.69 Å². The molecule has 0 aliphatic heterocycles. The van der Waals surface area contributed by atoms with Crippen molar-refractivity contribution >= 4 is 0 Å². The molecule has 1 aromatic heterocycles. The quantitative estimate of drug-likeness (QED) is 0.381. The molecule has 1 heterocycles. The lowest BCUT2D eigenvalue weighted by molar-refractivity contribution is 0.382. The van der Waals surface area contributed by atoms with Crippen LogP contribution in [0.3, 0.4) is 0 Å². The average molecular weight is 328 g/mol. The van der Waals surface area contributed by atoms with Crippen molar-refractivity contribution < 1.29 is 4.52 Å². The highest BCUT2D eigenvalue weighted by molar-refractivity contribution is 5.21. The van der Waals surface area contributed by atoms with Gasteiger partial charge < -0.3 is 4.52 Å². The van der Waals surface area contributed by atoms with E-state index in [1.165, 1.54) is 69.8 Å². The normalized spacial score (nSPS) is 11.0. The van der Waals surface area contributed by atoms with Crippen molar-refractivity contribution in [3.05, 3.63) is 53.4 Å². The zero-order chi connectivity index (χ0) is 16.9. The minimum atomic E-state index is 0.839. The molecule has 0 amide bonds. The molecule has 2 aromatic rings. The molecule has 132 valence electrons. The van der Waals surface area contributed by atoms with E-state index in [0.29, 0.717) is 0 Å². The van der Waals surface area contributed by atoms with E-state index in [9.17, 15) is 0 Å². The second-order valence-corrected chi connectivity index (χ2v) is 6.88. The highest BCUT2D eigenvalue weighted by atomic mass is 16.5. The Morgan fingerprint density at radius 2 is 1.42 bits per heavy atom. The molecule has 0 spiro atoms. The van der Waals surface area contributed by atoms with Crippen LogP contribution in [0.5, 0.6) is 0 Å². The minimum Gasteiger partial charge on any atom is -0.361 e. The van der Waals surface area contributed by atoms with Crippen molar-refractivity contribution in [2.24, 2.45) is 0 Å². The molecule has 0 aliphatic carbocycles. The van der Waals surface area contributed by atoms with E-state index < -0.39 is 0 Å². The Kier molecular flexibility index (Phi) is 9.29. The molecule has 0 unspecified atom stereocenters. The molecule has 0 N–H and O–H groups in total. The summed E-state index contributed by atoms with van der Waals surface area (Å²) in [4.78, 5) is 0. The fourth-order valence-electron chi connectivity index (χ4n) is 3.15. The molecule has 2 nitrogen and oxygen atoms in total. The van der Waals surface area contributed by atoms with Gasteiger partial charge >= 0.3 is 0 Å². The summed E-state index contributed by atoms with van der Waals surface area (Å²) in [6.07, 6.45) is 15.6. The van der Waals surface area contributed by atoms with E-state index in [1.54, 1.807) is 0 Å². The molecule has 0 bridgehead atoms. The van der Waals surface area contributed by atoms with Gasteiger partial charge in [-0.3, -0.25) is 0 Å². The summed E-state index contributed by atoms with van der Waals surface area (Å²) in [6.45, 7) is 2.28. The van der Waals surface area contributed by atoms with E-state index in [4.69, 9.17) is 4.52 Å². The van der Waals surface area contributed by atoms with Crippen molar-refractivity contribution in [1.82, 2.24) is 5.16 Å². The highest BCUT2D eigenvalue weighted by Gasteiger charge is 2.05. The fraction of sp³-hybridized carbons (Fsp3) is 0.591. The van der Waals surface area contributed by atoms with Crippen LogP contribution in [-0.2, 0) is 12.8 Å². The van der Waals surface area contributed by atoms with E-state index >= 15 is 0 Å². The first-order valence-electron chi connectivity index (χ1n) is 9.87. The van der Waals surface area contributed by atoms with Gasteiger partial charge in [0.25, 0.3) is 0 Å². The first kappa shape index (κ1) is 18.8. The van der Waals surface area contributed by atoms with Gasteiger partial charge in [-0.2, -0.15) is 0 Å². The maximum Gasteiger partial charge on any atom is 0.141 e. The second-order valence-electron chi connectivity index (χ2n) is 6.88. The Bertz CT molecular complexity index is 532. The summed E-state index contributed by atoms with van der Waals surface area (Å²) in [5.74, 6) is 0.975. The van der Waals surface area contributed by atoms with Crippen LogP contribution in [-0.4, -0.2) is 5.16 Å². The predicted molar refractivity (Wildman–Crippen MR) is 101 cm³/mol. The van der Waals surface area contributed by atoms with Crippen LogP contribution in [0.15, 0.2) is 40.9 Å². The zero-order valence-electron chi connectivity index (χ0n) is 15.3. The number of hydrogen-bond acceptors (Lipinski definition) is 2. The topological polar surface area (TPSA) is 26.0 Å². The number of benzene rings is 1. The summed E-state index contributed by atoms with van der Waals surface area (Å²) >= 11 is 0. The van der Waals surface area contributed by atoms with Gasteiger partial charge in [-0.15, -0.1) is 0 Å². The maximum absolute atomic E-state index is 5.46. The van der Waals surface area contributed by atoms with Gasteiger partial charge in [-0.25, -0.2) is 0 Å². The predicted octanol–water partition coefficient (Wildman–Crippen LogP) is 6.73. The third-order valence-electron chi connectivity index (χ3n) is 4.62. The SMILES string of the molecule is CCCCCCCCCCCCc1cc(Cc2ccccc2)on1. The first-order valence-corrected chi connectivity index (χ1v) is 9.87. The number of hydrogen-bond donors (Lipinski definition) is 0. The lowest BCUT2D eigenvalue weighted by Gasteiger charge is -2.01. The standard InChI is InChI=1S/C22H33NO/c1-2-3-4-5-6-7-8-9-10-14-17-21-19-22(24-23-21)18-20-15-12-11-13-16-20/h11-13,15-16,19H,2-10,14,17-18H2,1H3. The summed E-state index contributed by atoms with van der Waals surface area (Å²) in [5.41, 5.74) is 2.39. The molecule has 0 radical (unpaired) electrons. The van der Waals surface area contributed by atoms with Crippen molar-refractivity contribution in [2.45, 2.75) is 84.0 Å². The molecule has 0 fully saturated rings. The van der Waals surface area contributed by atoms with E-state index in [2.05, 4.69) is 42.4 Å². The summed E-state index contributed by atoms with van der Waals surface area (Å²) in [7, 11) is 0. The highest BCUT2D eigenvalue weighted by Crippen LogP contribution is 2.14. The van der Waals surface area contributed by atoms with E-state index in [1.807, 2.05) is 6.07 Å². The summed E-state index contributed by atoms with van der Waals surface area (Å²) < 4.78 is 5.46. The molecule has 0 saturated heterocycles. The number of unbranched alkanes of at least 4 members (excludes halogenated alkanes) is 9. The molecule has 0 saturated carbocycles. The summed E-state index contributed by atoms with van der Waals surface area (Å²) in [5, 5.41) is 4.21. The van der Waals surface area contributed by atoms with Crippen LogP contribution in [0.25, 0.3) is 0 Å². The lowest BCUT2D eigenvalue weighted by atomic mass is 10.0. The largest absolute Gasteiger partial charge is 0.361 e. The van der Waals surface area contributed by atoms with Crippen molar-refractivity contribution in [2.75, 3.05) is 0 Å². The molecule has 0 aliphatic rings. The van der Waals surface area contributed by atoms with Crippen LogP contribution in [0.2, 0.25) is 0 Å². The Labute approximate surface area is 147 Å². The molecule has 2 rings (SSSR count). The van der Waals surface area contributed by atoms with E-state index in [0.717, 1.165) is 24.3 Å². The second kappa shape index (κ2) is 11.9. The smallest absolute Gasteiger partial charge is 0.141 e. The average Bonchev–Trinajstić information content (AvgIpc) is 3.05. The van der Waals surface area contributed by atoms with Gasteiger partial charge in [-0.1, -0.05) is 100 Å². The Hall–Kier alpha value is -1.57. The van der Waals surface area contributed by atoms with Gasteiger partial charge in [0.15, 0.2) is 0 Å². The van der Waals surface area contributed by atoms with Gasteiger partial charge in [-0.05, 0) is 18.4 Å². The lowest BCUT2D eigenvalue weighted by Crippen LogP contribution is -1.87. The van der Waals surface area contributed by atoms with Crippen LogP contribution >= 0.6 is 0 Å². The Morgan fingerprint density at radius 3 is 2.08 bits per heavy atom. The first-order chi connectivity index (χ1) is 11.9. The molecular formula is C22H33NO. The zero-order valence-corrected chi connectivity index (χ0v) is 15.3. The molecule has 2 heteroatoms. The molecule has 0 atom stereocenters. The Balaban J connectivity index is 1.51. The summed E-state index contributed by atoms with van der Waals surface area (Å²) in [6, 6.07) is 12.6. The van der Waals surface area contributed by atoms with Crippen LogP contribution in [0.1, 0.15) is 88.1 Å². The van der Waals surface area contributed by atoms with Crippen LogP contribution < -0.4 is 0 Å². The van der Waals surface area contributed by atoms with Crippen molar-refractivity contribution in [3.8, 4) is 0 Å². The van der Waals surface area contributed by atoms with Crippen molar-refractivity contribution in [1.29, 1.82) is 0 Å². The minimum absolute atomic E-state index is 0.839. The fourth-order valence-corrected chi connectivity index (χ4v) is 3.15. The van der Waals surface area contributed by atoms with Crippen LogP contribution in [0.4, 0.5) is 0 Å². The number of nitrogens with zero attached hydrogens (tertiary/aromatic N) is 1. The molecule has 1 aromatic carbocycles. The third kappa shape index (κ3) is 7.81. The number of aryl methyl sites for hydroxylation is 1. The van der Waals surface area contributed by atoms with Gasteiger partial charge in [0, 0.05) is 12.5 Å². The van der Waals surface area contributed by atoms with Crippen LogP contribution in [0, 0.1) is 0 Å². The third-order valence-corrected chi connectivity index (χ3v) is 4.62. The molecule has 24 heavy (non-hydrogen) atoms. The van der Waals surface area contributed by atoms with Crippen molar-refractivity contribution in [3.63, 3.8) is 0 Å². The number of rotatable bonds is 13. The maximum atomic E-state index is 5.46. The van der Waals surface area contributed by atoms with E-state index in [-0.39, 0.29) is 0 Å². The molecular weight excluding hydrogens is 294 g/mol. The monoisotopic (exact) mass is 327 g/mol.